The minimum Gasteiger partial charge on any atom is -0.348 e. The summed E-state index contributed by atoms with van der Waals surface area (Å²) in [6.45, 7) is 3.93. The van der Waals surface area contributed by atoms with Crippen molar-refractivity contribution in [1.29, 1.82) is 0 Å². The SMILES string of the molecule is Cc1noc(-c2cccnc2-n2ncc(C(=O)NCc3ccc(Cl)cc3)c2C)n1. The maximum Gasteiger partial charge on any atom is 0.261 e. The van der Waals surface area contributed by atoms with E-state index in [4.69, 9.17) is 16.1 Å². The quantitative estimate of drug-likeness (QED) is 0.542. The summed E-state index contributed by atoms with van der Waals surface area (Å²) < 4.78 is 6.86. The molecule has 0 aliphatic carbocycles. The van der Waals surface area contributed by atoms with Crippen molar-refractivity contribution >= 4 is 17.5 Å². The van der Waals surface area contributed by atoms with Crippen LogP contribution in [0.5, 0.6) is 0 Å². The maximum atomic E-state index is 12.7. The minimum atomic E-state index is -0.227. The van der Waals surface area contributed by atoms with E-state index in [2.05, 4.69) is 25.5 Å². The number of pyridine rings is 1. The fraction of sp³-hybridized carbons (Fsp3) is 0.150. The zero-order chi connectivity index (χ0) is 20.4. The van der Waals surface area contributed by atoms with Crippen LogP contribution in [0.25, 0.3) is 17.3 Å². The van der Waals surface area contributed by atoms with E-state index in [9.17, 15) is 4.79 Å². The summed E-state index contributed by atoms with van der Waals surface area (Å²) in [6.07, 6.45) is 3.16. The van der Waals surface area contributed by atoms with E-state index >= 15 is 0 Å². The van der Waals surface area contributed by atoms with Crippen molar-refractivity contribution in [2.45, 2.75) is 20.4 Å². The number of aryl methyl sites for hydroxylation is 1. The van der Waals surface area contributed by atoms with Crippen LogP contribution in [0.1, 0.15) is 27.4 Å². The Kier molecular flexibility index (Phi) is 5.09. The molecule has 3 heterocycles. The van der Waals surface area contributed by atoms with Gasteiger partial charge < -0.3 is 9.84 Å². The molecule has 0 radical (unpaired) electrons. The van der Waals surface area contributed by atoms with Crippen molar-refractivity contribution in [2.24, 2.45) is 0 Å². The molecule has 0 bridgehead atoms. The number of aromatic nitrogens is 5. The molecule has 0 aliphatic heterocycles. The van der Waals surface area contributed by atoms with Crippen LogP contribution >= 0.6 is 11.6 Å². The van der Waals surface area contributed by atoms with Gasteiger partial charge in [0.05, 0.1) is 23.0 Å². The van der Waals surface area contributed by atoms with Gasteiger partial charge in [0.25, 0.3) is 11.8 Å². The Hall–Kier alpha value is -3.52. The Morgan fingerprint density at radius 2 is 2.00 bits per heavy atom. The van der Waals surface area contributed by atoms with Crippen molar-refractivity contribution < 1.29 is 9.32 Å². The number of halogens is 1. The van der Waals surface area contributed by atoms with Crippen molar-refractivity contribution in [2.75, 3.05) is 0 Å². The van der Waals surface area contributed by atoms with Crippen molar-refractivity contribution in [3.63, 3.8) is 0 Å². The molecule has 1 amide bonds. The smallest absolute Gasteiger partial charge is 0.261 e. The van der Waals surface area contributed by atoms with E-state index in [-0.39, 0.29) is 5.91 Å². The zero-order valence-electron chi connectivity index (χ0n) is 15.8. The highest BCUT2D eigenvalue weighted by atomic mass is 35.5. The van der Waals surface area contributed by atoms with Crippen LogP contribution in [0, 0.1) is 13.8 Å². The second-order valence-electron chi connectivity index (χ2n) is 6.39. The van der Waals surface area contributed by atoms with E-state index in [0.717, 1.165) is 5.56 Å². The highest BCUT2D eigenvalue weighted by molar-refractivity contribution is 6.30. The van der Waals surface area contributed by atoms with Gasteiger partial charge in [0.2, 0.25) is 0 Å². The standard InChI is InChI=1S/C20H17ClN6O2/c1-12-17(19(28)23-10-14-5-7-15(21)8-6-14)11-24-27(12)18-16(4-3-9-22-18)20-25-13(2)26-29-20/h3-9,11H,10H2,1-2H3,(H,23,28). The predicted octanol–water partition coefficient (Wildman–Crippen LogP) is 3.52. The number of hydrogen-bond donors (Lipinski definition) is 1. The molecule has 0 atom stereocenters. The van der Waals surface area contributed by atoms with Gasteiger partial charge in [-0.15, -0.1) is 0 Å². The first kappa shape index (κ1) is 18.8. The number of nitrogens with one attached hydrogen (secondary N) is 1. The lowest BCUT2D eigenvalue weighted by molar-refractivity contribution is 0.0950. The maximum absolute atomic E-state index is 12.7. The molecule has 4 aromatic rings. The van der Waals surface area contributed by atoms with Gasteiger partial charge in [0.1, 0.15) is 0 Å². The lowest BCUT2D eigenvalue weighted by Gasteiger charge is -2.08. The van der Waals surface area contributed by atoms with E-state index < -0.39 is 0 Å². The topological polar surface area (TPSA) is 98.7 Å². The summed E-state index contributed by atoms with van der Waals surface area (Å²) in [4.78, 5) is 21.3. The van der Waals surface area contributed by atoms with Crippen LogP contribution in [-0.2, 0) is 6.54 Å². The first-order valence-electron chi connectivity index (χ1n) is 8.86. The number of hydrogen-bond acceptors (Lipinski definition) is 6. The van der Waals surface area contributed by atoms with Gasteiger partial charge in [-0.1, -0.05) is 28.9 Å². The highest BCUT2D eigenvalue weighted by Crippen LogP contribution is 2.24. The molecule has 0 aliphatic rings. The van der Waals surface area contributed by atoms with Crippen molar-refractivity contribution in [3.8, 4) is 17.3 Å². The lowest BCUT2D eigenvalue weighted by Crippen LogP contribution is -2.23. The Labute approximate surface area is 171 Å². The third kappa shape index (κ3) is 3.88. The highest BCUT2D eigenvalue weighted by Gasteiger charge is 2.20. The summed E-state index contributed by atoms with van der Waals surface area (Å²) in [5.74, 6) is 1.14. The summed E-state index contributed by atoms with van der Waals surface area (Å²) in [7, 11) is 0. The molecule has 146 valence electrons. The van der Waals surface area contributed by atoms with Crippen LogP contribution in [0.3, 0.4) is 0 Å². The molecule has 0 unspecified atom stereocenters. The lowest BCUT2D eigenvalue weighted by atomic mass is 10.2. The van der Waals surface area contributed by atoms with E-state index in [1.165, 1.54) is 6.20 Å². The molecule has 8 nitrogen and oxygen atoms in total. The van der Waals surface area contributed by atoms with Crippen molar-refractivity contribution in [1.82, 2.24) is 30.2 Å². The molecule has 4 rings (SSSR count). The molecule has 0 fully saturated rings. The average Bonchev–Trinajstić information content (AvgIpc) is 3.33. The van der Waals surface area contributed by atoms with Gasteiger partial charge in [0, 0.05) is 17.8 Å². The van der Waals surface area contributed by atoms with Gasteiger partial charge in [-0.3, -0.25) is 4.79 Å². The number of carbonyl (C=O) groups excluding carboxylic acids is 1. The fourth-order valence-corrected chi connectivity index (χ4v) is 2.99. The molecule has 0 spiro atoms. The summed E-state index contributed by atoms with van der Waals surface area (Å²) in [5.41, 5.74) is 2.69. The normalized spacial score (nSPS) is 10.9. The molecule has 3 aromatic heterocycles. The number of rotatable bonds is 5. The number of benzene rings is 1. The summed E-state index contributed by atoms with van der Waals surface area (Å²) >= 11 is 5.89. The number of amides is 1. The van der Waals surface area contributed by atoms with Gasteiger partial charge in [-0.2, -0.15) is 10.1 Å². The third-order valence-corrected chi connectivity index (χ3v) is 4.62. The summed E-state index contributed by atoms with van der Waals surface area (Å²) in [6, 6.07) is 10.9. The molecular formula is C20H17ClN6O2. The number of nitrogens with zero attached hydrogens (tertiary/aromatic N) is 5. The van der Waals surface area contributed by atoms with Crippen LogP contribution in [0.4, 0.5) is 0 Å². The minimum absolute atomic E-state index is 0.227. The van der Waals surface area contributed by atoms with Crippen LogP contribution in [0.2, 0.25) is 5.02 Å². The molecule has 0 saturated heterocycles. The molecule has 0 saturated carbocycles. The van der Waals surface area contributed by atoms with Gasteiger partial charge in [-0.25, -0.2) is 9.67 Å². The Bertz CT molecular complexity index is 1170. The zero-order valence-corrected chi connectivity index (χ0v) is 16.5. The van der Waals surface area contributed by atoms with Crippen LogP contribution < -0.4 is 5.32 Å². The Morgan fingerprint density at radius 1 is 1.21 bits per heavy atom. The van der Waals surface area contributed by atoms with E-state index in [1.807, 2.05) is 25.1 Å². The Balaban J connectivity index is 1.59. The van der Waals surface area contributed by atoms with E-state index in [1.54, 1.807) is 36.0 Å². The van der Waals surface area contributed by atoms with Gasteiger partial charge in [0.15, 0.2) is 11.6 Å². The fourth-order valence-electron chi connectivity index (χ4n) is 2.87. The number of carbonyl (C=O) groups is 1. The van der Waals surface area contributed by atoms with E-state index in [0.29, 0.717) is 45.9 Å². The average molecular weight is 409 g/mol. The molecular weight excluding hydrogens is 392 g/mol. The van der Waals surface area contributed by atoms with Crippen molar-refractivity contribution in [3.05, 3.63) is 76.5 Å². The predicted molar refractivity (Wildman–Crippen MR) is 107 cm³/mol. The molecule has 9 heteroatoms. The van der Waals surface area contributed by atoms with Gasteiger partial charge >= 0.3 is 0 Å². The summed E-state index contributed by atoms with van der Waals surface area (Å²) in [5, 5.41) is 11.7. The van der Waals surface area contributed by atoms with Crippen LogP contribution in [0.15, 0.2) is 53.3 Å². The molecule has 1 aromatic carbocycles. The Morgan fingerprint density at radius 3 is 2.72 bits per heavy atom. The monoisotopic (exact) mass is 408 g/mol. The largest absolute Gasteiger partial charge is 0.348 e. The first-order chi connectivity index (χ1) is 14.0. The van der Waals surface area contributed by atoms with Gasteiger partial charge in [-0.05, 0) is 43.7 Å². The third-order valence-electron chi connectivity index (χ3n) is 4.37. The first-order valence-corrected chi connectivity index (χ1v) is 9.24. The van der Waals surface area contributed by atoms with Crippen LogP contribution in [-0.4, -0.2) is 30.8 Å². The second-order valence-corrected chi connectivity index (χ2v) is 6.82. The molecule has 29 heavy (non-hydrogen) atoms. The molecule has 1 N–H and O–H groups in total. The second kappa shape index (κ2) is 7.84.